The van der Waals surface area contributed by atoms with Crippen LogP contribution in [0.15, 0.2) is 22.6 Å². The van der Waals surface area contributed by atoms with E-state index in [2.05, 4.69) is 5.32 Å². The van der Waals surface area contributed by atoms with Gasteiger partial charge >= 0.3 is 0 Å². The lowest BCUT2D eigenvalue weighted by Crippen LogP contribution is -2.27. The Kier molecular flexibility index (Phi) is 4.70. The van der Waals surface area contributed by atoms with Crippen LogP contribution in [0.25, 0.3) is 11.0 Å². The highest BCUT2D eigenvalue weighted by molar-refractivity contribution is 5.98. The zero-order valence-corrected chi connectivity index (χ0v) is 11.1. The molecule has 0 bridgehead atoms. The highest BCUT2D eigenvalue weighted by Gasteiger charge is 2.17. The molecule has 2 aromatic rings. The molecule has 5 nitrogen and oxygen atoms in total. The SMILES string of the molecule is Cc1c(C(=O)NCCOCCO)oc2ccc(F)cc12. The van der Waals surface area contributed by atoms with Gasteiger partial charge in [-0.1, -0.05) is 0 Å². The van der Waals surface area contributed by atoms with Crippen LogP contribution in [0.4, 0.5) is 4.39 Å². The molecule has 2 rings (SSSR count). The molecule has 0 saturated carbocycles. The zero-order valence-electron chi connectivity index (χ0n) is 11.1. The van der Waals surface area contributed by atoms with Crippen LogP contribution in [-0.4, -0.2) is 37.4 Å². The maximum Gasteiger partial charge on any atom is 0.287 e. The van der Waals surface area contributed by atoms with Gasteiger partial charge in [-0.3, -0.25) is 4.79 Å². The number of fused-ring (bicyclic) bond motifs is 1. The standard InChI is InChI=1S/C14H16FNO4/c1-9-11-8-10(15)2-3-12(11)20-13(9)14(18)16-4-6-19-7-5-17/h2-3,8,17H,4-7H2,1H3,(H,16,18). The predicted octanol–water partition coefficient (Wildman–Crippen LogP) is 1.62. The minimum Gasteiger partial charge on any atom is -0.451 e. The molecular formula is C14H16FNO4. The number of hydrogen-bond acceptors (Lipinski definition) is 4. The second-order valence-electron chi connectivity index (χ2n) is 4.29. The molecule has 0 aliphatic rings. The third kappa shape index (κ3) is 3.15. The quantitative estimate of drug-likeness (QED) is 0.789. The third-order valence-electron chi connectivity index (χ3n) is 2.87. The first-order valence-corrected chi connectivity index (χ1v) is 6.29. The molecule has 0 atom stereocenters. The van der Waals surface area contributed by atoms with Crippen molar-refractivity contribution in [3.05, 3.63) is 35.3 Å². The lowest BCUT2D eigenvalue weighted by molar-refractivity contribution is 0.0822. The predicted molar refractivity (Wildman–Crippen MR) is 71.1 cm³/mol. The van der Waals surface area contributed by atoms with Crippen LogP contribution < -0.4 is 5.32 Å². The summed E-state index contributed by atoms with van der Waals surface area (Å²) in [6.45, 7) is 2.51. The highest BCUT2D eigenvalue weighted by atomic mass is 19.1. The number of carbonyl (C=O) groups is 1. The van der Waals surface area contributed by atoms with Crippen LogP contribution >= 0.6 is 0 Å². The minimum atomic E-state index is -0.370. The summed E-state index contributed by atoms with van der Waals surface area (Å²) in [7, 11) is 0. The molecule has 0 aliphatic carbocycles. The van der Waals surface area contributed by atoms with Crippen LogP contribution in [-0.2, 0) is 4.74 Å². The van der Waals surface area contributed by atoms with Crippen molar-refractivity contribution in [3.63, 3.8) is 0 Å². The average molecular weight is 281 g/mol. The Morgan fingerprint density at radius 3 is 3.00 bits per heavy atom. The summed E-state index contributed by atoms with van der Waals surface area (Å²) < 4.78 is 23.6. The number of rotatable bonds is 6. The molecule has 2 N–H and O–H groups in total. The monoisotopic (exact) mass is 281 g/mol. The Balaban J connectivity index is 2.05. The van der Waals surface area contributed by atoms with E-state index >= 15 is 0 Å². The summed E-state index contributed by atoms with van der Waals surface area (Å²) in [5.41, 5.74) is 1.08. The van der Waals surface area contributed by atoms with Crippen LogP contribution in [0.1, 0.15) is 16.1 Å². The van der Waals surface area contributed by atoms with Crippen LogP contribution in [0.3, 0.4) is 0 Å². The van der Waals surface area contributed by atoms with E-state index in [-0.39, 0.29) is 30.7 Å². The molecular weight excluding hydrogens is 265 g/mol. The number of hydrogen-bond donors (Lipinski definition) is 2. The number of carbonyl (C=O) groups excluding carboxylic acids is 1. The van der Waals surface area contributed by atoms with E-state index in [0.29, 0.717) is 29.7 Å². The molecule has 0 fully saturated rings. The van der Waals surface area contributed by atoms with Gasteiger partial charge < -0.3 is 19.6 Å². The van der Waals surface area contributed by atoms with Crippen molar-refractivity contribution in [1.82, 2.24) is 5.32 Å². The first-order chi connectivity index (χ1) is 9.63. The number of aliphatic hydroxyl groups is 1. The Bertz CT molecular complexity index is 608. The van der Waals surface area contributed by atoms with Gasteiger partial charge in [-0.15, -0.1) is 0 Å². The fourth-order valence-electron chi connectivity index (χ4n) is 1.89. The second kappa shape index (κ2) is 6.49. The number of amides is 1. The van der Waals surface area contributed by atoms with Gasteiger partial charge in [0.2, 0.25) is 0 Å². The molecule has 0 saturated heterocycles. The summed E-state index contributed by atoms with van der Waals surface area (Å²) in [6, 6.07) is 4.13. The Morgan fingerprint density at radius 1 is 1.45 bits per heavy atom. The van der Waals surface area contributed by atoms with E-state index in [1.807, 2.05) is 0 Å². The molecule has 1 amide bonds. The molecule has 6 heteroatoms. The summed E-state index contributed by atoms with van der Waals surface area (Å²) in [6.07, 6.45) is 0. The van der Waals surface area contributed by atoms with Crippen molar-refractivity contribution in [1.29, 1.82) is 0 Å². The lowest BCUT2D eigenvalue weighted by atomic mass is 10.1. The van der Waals surface area contributed by atoms with Gasteiger partial charge in [0.25, 0.3) is 5.91 Å². The van der Waals surface area contributed by atoms with E-state index in [1.54, 1.807) is 6.92 Å². The van der Waals surface area contributed by atoms with E-state index in [9.17, 15) is 9.18 Å². The van der Waals surface area contributed by atoms with E-state index in [0.717, 1.165) is 0 Å². The molecule has 108 valence electrons. The fraction of sp³-hybridized carbons (Fsp3) is 0.357. The number of aryl methyl sites for hydroxylation is 1. The van der Waals surface area contributed by atoms with Gasteiger partial charge in [0.05, 0.1) is 19.8 Å². The molecule has 0 radical (unpaired) electrons. The van der Waals surface area contributed by atoms with Gasteiger partial charge in [-0.2, -0.15) is 0 Å². The molecule has 0 unspecified atom stereocenters. The zero-order chi connectivity index (χ0) is 14.5. The first-order valence-electron chi connectivity index (χ1n) is 6.29. The van der Waals surface area contributed by atoms with Crippen LogP contribution in [0.2, 0.25) is 0 Å². The van der Waals surface area contributed by atoms with Gasteiger partial charge in [0, 0.05) is 17.5 Å². The Morgan fingerprint density at radius 2 is 2.25 bits per heavy atom. The Hall–Kier alpha value is -1.92. The fourth-order valence-corrected chi connectivity index (χ4v) is 1.89. The van der Waals surface area contributed by atoms with Crippen molar-refractivity contribution in [2.75, 3.05) is 26.4 Å². The maximum atomic E-state index is 13.2. The molecule has 20 heavy (non-hydrogen) atoms. The smallest absolute Gasteiger partial charge is 0.287 e. The van der Waals surface area contributed by atoms with Crippen molar-refractivity contribution in [3.8, 4) is 0 Å². The maximum absolute atomic E-state index is 13.2. The summed E-state index contributed by atoms with van der Waals surface area (Å²) >= 11 is 0. The molecule has 0 aliphatic heterocycles. The summed E-state index contributed by atoms with van der Waals surface area (Å²) in [5.74, 6) is -0.565. The average Bonchev–Trinajstić information content (AvgIpc) is 2.76. The highest BCUT2D eigenvalue weighted by Crippen LogP contribution is 2.25. The van der Waals surface area contributed by atoms with Crippen LogP contribution in [0, 0.1) is 12.7 Å². The van der Waals surface area contributed by atoms with Crippen molar-refractivity contribution in [2.24, 2.45) is 0 Å². The topological polar surface area (TPSA) is 71.7 Å². The molecule has 0 spiro atoms. The van der Waals surface area contributed by atoms with Gasteiger partial charge in [-0.25, -0.2) is 4.39 Å². The molecule has 1 heterocycles. The van der Waals surface area contributed by atoms with Crippen molar-refractivity contribution >= 4 is 16.9 Å². The molecule has 1 aromatic heterocycles. The van der Waals surface area contributed by atoms with Crippen molar-refractivity contribution in [2.45, 2.75) is 6.92 Å². The number of benzene rings is 1. The number of halogens is 1. The first kappa shape index (κ1) is 14.5. The molecule has 1 aromatic carbocycles. The number of ether oxygens (including phenoxy) is 1. The summed E-state index contributed by atoms with van der Waals surface area (Å²) in [4.78, 5) is 11.9. The van der Waals surface area contributed by atoms with Crippen LogP contribution in [0.5, 0.6) is 0 Å². The second-order valence-corrected chi connectivity index (χ2v) is 4.29. The van der Waals surface area contributed by atoms with E-state index in [4.69, 9.17) is 14.3 Å². The van der Waals surface area contributed by atoms with E-state index in [1.165, 1.54) is 18.2 Å². The number of nitrogens with one attached hydrogen (secondary N) is 1. The minimum absolute atomic E-state index is 0.0534. The van der Waals surface area contributed by atoms with Gasteiger partial charge in [0.1, 0.15) is 11.4 Å². The van der Waals surface area contributed by atoms with Gasteiger partial charge in [0.15, 0.2) is 5.76 Å². The summed E-state index contributed by atoms with van der Waals surface area (Å²) in [5, 5.41) is 11.8. The van der Waals surface area contributed by atoms with Crippen molar-refractivity contribution < 1.29 is 23.4 Å². The largest absolute Gasteiger partial charge is 0.451 e. The Labute approximate surface area is 115 Å². The normalized spacial score (nSPS) is 10.9. The number of furan rings is 1. The van der Waals surface area contributed by atoms with E-state index < -0.39 is 0 Å². The third-order valence-corrected chi connectivity index (χ3v) is 2.87. The lowest BCUT2D eigenvalue weighted by Gasteiger charge is -2.04. The van der Waals surface area contributed by atoms with Gasteiger partial charge in [-0.05, 0) is 25.1 Å². The number of aliphatic hydroxyl groups excluding tert-OH is 1.